The van der Waals surface area contributed by atoms with Crippen LogP contribution >= 0.6 is 0 Å². The molecule has 0 saturated carbocycles. The number of benzene rings is 3. The van der Waals surface area contributed by atoms with Crippen LogP contribution in [0.4, 0.5) is 15.0 Å². The van der Waals surface area contributed by atoms with Crippen molar-refractivity contribution in [1.82, 2.24) is 19.9 Å². The summed E-state index contributed by atoms with van der Waals surface area (Å²) in [5.74, 6) is -4.85. The zero-order valence-corrected chi connectivity index (χ0v) is 43.7. The van der Waals surface area contributed by atoms with Crippen molar-refractivity contribution < 1.29 is 47.0 Å². The minimum Gasteiger partial charge on any atom is -0.508 e. The van der Waals surface area contributed by atoms with Crippen LogP contribution in [0.1, 0.15) is 95.8 Å². The first-order valence-electron chi connectivity index (χ1n) is 24.1. The van der Waals surface area contributed by atoms with Crippen LogP contribution in [-0.4, -0.2) is 97.9 Å². The Morgan fingerprint density at radius 1 is 0.831 bits per heavy atom. The van der Waals surface area contributed by atoms with Crippen LogP contribution < -0.4 is 14.4 Å². The van der Waals surface area contributed by atoms with Gasteiger partial charge in [-0.1, -0.05) is 126 Å². The second-order valence-electron chi connectivity index (χ2n) is 21.9. The van der Waals surface area contributed by atoms with Gasteiger partial charge in [0.05, 0.1) is 11.6 Å². The topological polar surface area (TPSA) is 157 Å². The van der Waals surface area contributed by atoms with Crippen LogP contribution in [0.2, 0.25) is 18.1 Å². The molecule has 2 heterocycles. The van der Waals surface area contributed by atoms with E-state index in [0.29, 0.717) is 6.54 Å². The lowest BCUT2D eigenvalue weighted by molar-refractivity contribution is -0.0481. The van der Waals surface area contributed by atoms with Crippen LogP contribution in [0.25, 0.3) is 0 Å². The van der Waals surface area contributed by atoms with Crippen molar-refractivity contribution in [2.45, 2.75) is 97.1 Å². The normalized spacial score (nSPS) is 20.1. The van der Waals surface area contributed by atoms with Crippen LogP contribution in [-0.2, 0) is 35.4 Å². The number of halogens is 1. The predicted octanol–water partition coefficient (Wildman–Crippen LogP) is 10.5. The molecular weight excluding hydrogens is 922 g/mol. The molecule has 3 aromatic carbocycles. The number of aromatic nitrogens is 2. The van der Waals surface area contributed by atoms with E-state index in [1.54, 1.807) is 0 Å². The molecule has 0 saturated heterocycles. The second-order valence-corrected chi connectivity index (χ2v) is 26.6. The highest BCUT2D eigenvalue weighted by molar-refractivity contribution is 6.74. The number of ether oxygens (including phenoxy) is 3. The van der Waals surface area contributed by atoms with Crippen molar-refractivity contribution in [3.8, 4) is 11.6 Å². The molecule has 71 heavy (non-hydrogen) atoms. The van der Waals surface area contributed by atoms with E-state index in [-0.39, 0.29) is 84.7 Å². The number of nitrogens with zero attached hydrogens (tertiary/aromatic N) is 5. The smallest absolute Gasteiger partial charge is 0.415 e. The third-order valence-corrected chi connectivity index (χ3v) is 18.8. The zero-order chi connectivity index (χ0) is 51.2. The van der Waals surface area contributed by atoms with Crippen molar-refractivity contribution in [3.05, 3.63) is 147 Å². The molecule has 0 aliphatic heterocycles. The van der Waals surface area contributed by atoms with Gasteiger partial charge in [-0.25, -0.2) is 4.79 Å². The number of amides is 1. The number of pyridine rings is 1. The fourth-order valence-corrected chi connectivity index (χ4v) is 11.7. The Kier molecular flexibility index (Phi) is 14.2. The quantitative estimate of drug-likeness (QED) is 0.0737. The van der Waals surface area contributed by atoms with Crippen molar-refractivity contribution in [2.24, 2.45) is 17.3 Å². The Balaban J connectivity index is 1.33. The molecule has 0 fully saturated rings. The molecule has 14 nitrogen and oxygen atoms in total. The molecule has 1 N–H and O–H groups in total. The van der Waals surface area contributed by atoms with Crippen molar-refractivity contribution in [1.29, 1.82) is 0 Å². The van der Waals surface area contributed by atoms with Gasteiger partial charge in [-0.05, 0) is 92.3 Å². The lowest BCUT2D eigenvalue weighted by Crippen LogP contribution is -2.65. The van der Waals surface area contributed by atoms with Gasteiger partial charge in [0.2, 0.25) is 11.7 Å². The van der Waals surface area contributed by atoms with E-state index >= 15 is 14.0 Å². The van der Waals surface area contributed by atoms with E-state index in [1.165, 1.54) is 4.90 Å². The minimum absolute atomic E-state index is 0.0123. The fourth-order valence-electron chi connectivity index (χ4n) is 10.3. The highest BCUT2D eigenvalue weighted by Crippen LogP contribution is 2.60. The molecule has 0 bridgehead atoms. The Hall–Kier alpha value is -6.20. The summed E-state index contributed by atoms with van der Waals surface area (Å²) in [7, 11) is 4.44. The van der Waals surface area contributed by atoms with Crippen LogP contribution in [0.15, 0.2) is 107 Å². The molecular formula is C55H66FN5O9Si. The summed E-state index contributed by atoms with van der Waals surface area (Å²) >= 11 is 0. The van der Waals surface area contributed by atoms with Gasteiger partial charge < -0.3 is 33.2 Å². The summed E-state index contributed by atoms with van der Waals surface area (Å²) in [6.07, 6.45) is -0.826. The average Bonchev–Trinajstić information content (AvgIpc) is 3.73. The molecule has 0 unspecified atom stereocenters. The maximum atomic E-state index is 17.3. The van der Waals surface area contributed by atoms with E-state index in [9.17, 15) is 9.90 Å². The van der Waals surface area contributed by atoms with Gasteiger partial charge in [0.15, 0.2) is 37.0 Å². The maximum absolute atomic E-state index is 17.3. The number of Topliss-reactive ketones (excluding diaryl/α,β-unsaturated/α-hetero) is 2. The van der Waals surface area contributed by atoms with Crippen molar-refractivity contribution >= 4 is 31.8 Å². The van der Waals surface area contributed by atoms with E-state index < -0.39 is 71.6 Å². The molecule has 3 aliphatic rings. The molecule has 2 aromatic heterocycles. The standard InChI is InChI=1S/C55H66FN5O9Si/c1-53(2,3)71(10,11)70-55-39(43(60(8)9)45-42(48(55)64)51(58-69-45)67-30-35-23-17-13-18-24-35)28-37-27-38-41(44(62)40(37)47(55)63)46(66-29-34-21-15-12-16-22-34)50(57-49(38)56)61(33-54(4,5)32-59(6)7)52(65)68-31-36-25-19-14-20-26-36/h12-26,37,39,43,63H,27-33H2,1-11H3/t37-,39-,43-,55-/m0/s1. The summed E-state index contributed by atoms with van der Waals surface area (Å²) in [6.45, 7) is 14.4. The lowest BCUT2D eigenvalue weighted by Gasteiger charge is -2.55. The van der Waals surface area contributed by atoms with Crippen molar-refractivity contribution in [3.63, 3.8) is 0 Å². The minimum atomic E-state index is -3.06. The van der Waals surface area contributed by atoms with Crippen LogP contribution in [0.3, 0.4) is 0 Å². The Morgan fingerprint density at radius 3 is 1.94 bits per heavy atom. The average molecular weight is 988 g/mol. The monoisotopic (exact) mass is 987 g/mol. The van der Waals surface area contributed by atoms with E-state index in [0.717, 1.165) is 16.7 Å². The van der Waals surface area contributed by atoms with Gasteiger partial charge in [0.1, 0.15) is 31.1 Å². The molecule has 16 heteroatoms. The molecule has 376 valence electrons. The zero-order valence-electron chi connectivity index (χ0n) is 42.7. The van der Waals surface area contributed by atoms with Gasteiger partial charge in [0.25, 0.3) is 5.88 Å². The molecule has 8 rings (SSSR count). The van der Waals surface area contributed by atoms with Crippen LogP contribution in [0, 0.1) is 23.2 Å². The number of aliphatic hydroxyl groups excluding tert-OH is 1. The van der Waals surface area contributed by atoms with Crippen LogP contribution in [0.5, 0.6) is 11.6 Å². The first kappa shape index (κ1) is 51.2. The number of allylic oxidation sites excluding steroid dienone is 1. The summed E-state index contributed by atoms with van der Waals surface area (Å²) < 4.78 is 49.6. The number of hydrogen-bond acceptors (Lipinski definition) is 13. The Labute approximate surface area is 416 Å². The van der Waals surface area contributed by atoms with Gasteiger partial charge in [-0.3, -0.25) is 19.4 Å². The number of anilines is 1. The molecule has 1 amide bonds. The maximum Gasteiger partial charge on any atom is 0.415 e. The molecule has 0 spiro atoms. The first-order valence-corrected chi connectivity index (χ1v) is 27.0. The third kappa shape index (κ3) is 9.91. The first-order chi connectivity index (χ1) is 33.5. The number of hydrogen-bond donors (Lipinski definition) is 1. The van der Waals surface area contributed by atoms with Gasteiger partial charge in [-0.2, -0.15) is 9.37 Å². The summed E-state index contributed by atoms with van der Waals surface area (Å²) in [6, 6.07) is 27.1. The SMILES string of the molecule is CN(C)CC(C)(C)CN(C(=O)OCc1ccccc1)c1nc(F)c2c(c1OCc1ccccc1)C(=O)C1=C(O)[C@]3(O[Si](C)(C)C(C)(C)C)C(=O)c4c(OCc5ccccc5)noc4[C@@H](N(C)C)[C@@H]3C[C@@H]1C2. The third-order valence-electron chi connectivity index (χ3n) is 14.3. The highest BCUT2D eigenvalue weighted by atomic mass is 28.4. The number of fused-ring (bicyclic) bond motifs is 4. The number of rotatable bonds is 16. The van der Waals surface area contributed by atoms with Gasteiger partial charge in [0, 0.05) is 30.1 Å². The van der Waals surface area contributed by atoms with E-state index in [1.807, 2.05) is 177 Å². The molecule has 0 radical (unpaired) electrons. The van der Waals surface area contributed by atoms with Gasteiger partial charge in [-0.15, -0.1) is 0 Å². The summed E-state index contributed by atoms with van der Waals surface area (Å²) in [5, 5.41) is 17.2. The summed E-state index contributed by atoms with van der Waals surface area (Å²) in [5.41, 5.74) is -0.811. The lowest BCUT2D eigenvalue weighted by atomic mass is 9.58. The highest BCUT2D eigenvalue weighted by Gasteiger charge is 2.67. The molecule has 3 aliphatic carbocycles. The van der Waals surface area contributed by atoms with Gasteiger partial charge >= 0.3 is 6.09 Å². The Bertz CT molecular complexity index is 2810. The number of aliphatic hydroxyl groups is 1. The fraction of sp³-hybridized carbons (Fsp3) is 0.436. The van der Waals surface area contributed by atoms with E-state index in [4.69, 9.17) is 23.2 Å². The molecule has 4 atom stereocenters. The summed E-state index contributed by atoms with van der Waals surface area (Å²) in [4.78, 5) is 56.0. The molecule has 5 aromatic rings. The van der Waals surface area contributed by atoms with E-state index in [2.05, 4.69) is 10.1 Å². The Morgan fingerprint density at radius 2 is 1.39 bits per heavy atom. The van der Waals surface area contributed by atoms with Crippen molar-refractivity contribution in [2.75, 3.05) is 46.2 Å². The number of ketones is 2. The largest absolute Gasteiger partial charge is 0.508 e. The predicted molar refractivity (Wildman–Crippen MR) is 270 cm³/mol. The second kappa shape index (κ2) is 19.8. The number of carbonyl (C=O) groups excluding carboxylic acids is 3. The number of carbonyl (C=O) groups is 3.